The van der Waals surface area contributed by atoms with Crippen LogP contribution in [0.2, 0.25) is 5.02 Å². The van der Waals surface area contributed by atoms with Crippen LogP contribution >= 0.6 is 11.6 Å². The van der Waals surface area contributed by atoms with Gasteiger partial charge in [-0.05, 0) is 128 Å². The molecule has 4 fully saturated rings. The number of carbonyl (C=O) groups is 3. The van der Waals surface area contributed by atoms with Crippen molar-refractivity contribution >= 4 is 29.6 Å². The fourth-order valence-corrected chi connectivity index (χ4v) is 13.0. The fourth-order valence-electron chi connectivity index (χ4n) is 12.7. The second-order valence-corrected chi connectivity index (χ2v) is 19.5. The van der Waals surface area contributed by atoms with E-state index < -0.39 is 5.41 Å². The number of fused-ring (bicyclic) bond motifs is 7. The van der Waals surface area contributed by atoms with Crippen LogP contribution in [-0.2, 0) is 25.7 Å². The maximum Gasteiger partial charge on any atom is 0.307 e. The van der Waals surface area contributed by atoms with Crippen LogP contribution in [0, 0.1) is 56.7 Å². The summed E-state index contributed by atoms with van der Waals surface area (Å²) in [5.74, 6) is 2.63. The van der Waals surface area contributed by atoms with Gasteiger partial charge in [-0.15, -0.1) is 0 Å². The van der Waals surface area contributed by atoms with Crippen LogP contribution in [0.25, 0.3) is 0 Å². The predicted octanol–water partition coefficient (Wildman–Crippen LogP) is 9.94. The Kier molecular flexibility index (Phi) is 9.92. The first-order valence-corrected chi connectivity index (χ1v) is 19.7. The highest BCUT2D eigenvalue weighted by atomic mass is 35.5. The smallest absolute Gasteiger partial charge is 0.307 e. The first-order chi connectivity index (χ1) is 23.0. The summed E-state index contributed by atoms with van der Waals surface area (Å²) < 4.78 is 6.21. The molecule has 49 heavy (non-hydrogen) atoms. The molecule has 0 radical (unpaired) electrons. The van der Waals surface area contributed by atoms with E-state index in [0.717, 1.165) is 56.5 Å². The lowest BCUT2D eigenvalue weighted by molar-refractivity contribution is -0.213. The lowest BCUT2D eigenvalue weighted by Gasteiger charge is -2.69. The summed E-state index contributed by atoms with van der Waals surface area (Å²) in [6.07, 6.45) is 11.6. The molecule has 0 saturated heterocycles. The average Bonchev–Trinajstić information content (AvgIpc) is 3.33. The van der Waals surface area contributed by atoms with E-state index in [4.69, 9.17) is 16.3 Å². The molecule has 8 unspecified atom stereocenters. The average molecular weight is 692 g/mol. The fraction of sp³-hybridized carbons (Fsp3) is 0.744. The monoisotopic (exact) mass is 691 g/mol. The van der Waals surface area contributed by atoms with Crippen molar-refractivity contribution in [3.8, 4) is 0 Å². The molecule has 0 spiro atoms. The zero-order chi connectivity index (χ0) is 35.6. The van der Waals surface area contributed by atoms with E-state index in [9.17, 15) is 14.4 Å². The molecule has 5 aliphatic carbocycles. The first-order valence-electron chi connectivity index (χ1n) is 19.4. The molecule has 5 nitrogen and oxygen atoms in total. The van der Waals surface area contributed by atoms with Gasteiger partial charge in [-0.2, -0.15) is 0 Å². The van der Waals surface area contributed by atoms with Gasteiger partial charge in [0.15, 0.2) is 5.78 Å². The zero-order valence-corrected chi connectivity index (χ0v) is 32.3. The molecule has 0 heterocycles. The standard InChI is InChI=1S/C43H62ClNO4/c1-27(2)37-32(47)23-43(20-21-45-25-28-10-9-11-29(44)22-28)19-14-31-30(38(37)43)12-13-34-41(31,7)17-15-33-40(5,6)35(16-18-42(33,34)8)49-36(48)24-39(3,4)26-46/h9-11,22,26-27,30-31,33-35,45H,12-21,23-25H2,1-8H3. The molecule has 1 aromatic carbocycles. The molecular formula is C43H62ClNO4. The van der Waals surface area contributed by atoms with E-state index in [1.54, 1.807) is 19.4 Å². The lowest BCUT2D eigenvalue weighted by atomic mass is 9.36. The molecule has 5 aliphatic rings. The second kappa shape index (κ2) is 13.2. The summed E-state index contributed by atoms with van der Waals surface area (Å²) in [6, 6.07) is 8.08. The topological polar surface area (TPSA) is 72.5 Å². The molecule has 6 heteroatoms. The summed E-state index contributed by atoms with van der Waals surface area (Å²) in [5, 5.41) is 4.47. The molecule has 270 valence electrons. The summed E-state index contributed by atoms with van der Waals surface area (Å²) in [4.78, 5) is 38.4. The molecule has 6 rings (SSSR count). The van der Waals surface area contributed by atoms with Gasteiger partial charge in [-0.25, -0.2) is 0 Å². The summed E-state index contributed by atoms with van der Waals surface area (Å²) in [5.41, 5.74) is 3.52. The van der Waals surface area contributed by atoms with Crippen LogP contribution in [0.5, 0.6) is 0 Å². The highest BCUT2D eigenvalue weighted by molar-refractivity contribution is 6.30. The van der Waals surface area contributed by atoms with Gasteiger partial charge in [0.1, 0.15) is 12.4 Å². The van der Waals surface area contributed by atoms with Crippen LogP contribution in [-0.4, -0.2) is 30.7 Å². The Labute approximate surface area is 301 Å². The number of halogens is 1. The van der Waals surface area contributed by atoms with Gasteiger partial charge in [-0.3, -0.25) is 9.59 Å². The SMILES string of the molecule is CC(C)C1=C2C3CCC4C(C)(CCC5C(C)(C)C(OC(=O)CC(C)(C)C=O)CCC54C)C3CCC2(CCNCc2cccc(Cl)c2)CC1=O. The number of rotatable bonds is 10. The quantitative estimate of drug-likeness (QED) is 0.150. The summed E-state index contributed by atoms with van der Waals surface area (Å²) in [7, 11) is 0. The van der Waals surface area contributed by atoms with Gasteiger partial charge in [0.25, 0.3) is 0 Å². The number of ether oxygens (including phenoxy) is 1. The Morgan fingerprint density at radius 3 is 2.45 bits per heavy atom. The van der Waals surface area contributed by atoms with Crippen LogP contribution in [0.4, 0.5) is 0 Å². The van der Waals surface area contributed by atoms with E-state index >= 15 is 0 Å². The van der Waals surface area contributed by atoms with Gasteiger partial charge in [0.2, 0.25) is 0 Å². The number of esters is 1. The van der Waals surface area contributed by atoms with Gasteiger partial charge in [0.05, 0.1) is 6.42 Å². The van der Waals surface area contributed by atoms with Crippen LogP contribution in [0.15, 0.2) is 35.4 Å². The Morgan fingerprint density at radius 1 is 1.02 bits per heavy atom. The Balaban J connectivity index is 1.21. The van der Waals surface area contributed by atoms with E-state index in [0.29, 0.717) is 35.9 Å². The number of ketones is 1. The molecule has 4 saturated carbocycles. The number of hydrogen-bond donors (Lipinski definition) is 1. The third kappa shape index (κ3) is 6.40. The molecular weight excluding hydrogens is 630 g/mol. The van der Waals surface area contributed by atoms with Gasteiger partial charge in [0, 0.05) is 34.2 Å². The lowest BCUT2D eigenvalue weighted by Crippen LogP contribution is -2.63. The molecule has 1 aromatic rings. The predicted molar refractivity (Wildman–Crippen MR) is 197 cm³/mol. The zero-order valence-electron chi connectivity index (χ0n) is 31.6. The maximum atomic E-state index is 13.9. The van der Waals surface area contributed by atoms with E-state index in [1.165, 1.54) is 36.8 Å². The highest BCUT2D eigenvalue weighted by Crippen LogP contribution is 2.73. The Bertz CT molecular complexity index is 1490. The van der Waals surface area contributed by atoms with Crippen LogP contribution in [0.1, 0.15) is 132 Å². The number of hydrogen-bond acceptors (Lipinski definition) is 5. The first kappa shape index (κ1) is 36.8. The van der Waals surface area contributed by atoms with Crippen molar-refractivity contribution in [3.05, 3.63) is 46.0 Å². The van der Waals surface area contributed by atoms with E-state index in [2.05, 4.69) is 52.9 Å². The molecule has 0 aliphatic heterocycles. The second-order valence-electron chi connectivity index (χ2n) is 19.0. The van der Waals surface area contributed by atoms with Crippen molar-refractivity contribution in [3.63, 3.8) is 0 Å². The minimum absolute atomic E-state index is 0.00811. The van der Waals surface area contributed by atoms with Gasteiger partial charge < -0.3 is 14.8 Å². The number of carbonyl (C=O) groups excluding carboxylic acids is 3. The van der Waals surface area contributed by atoms with Crippen molar-refractivity contribution in [2.75, 3.05) is 6.54 Å². The number of aldehydes is 1. The summed E-state index contributed by atoms with van der Waals surface area (Å²) in [6.45, 7) is 19.7. The van der Waals surface area contributed by atoms with Crippen molar-refractivity contribution in [1.82, 2.24) is 5.32 Å². The third-order valence-electron chi connectivity index (χ3n) is 14.9. The molecule has 1 N–H and O–H groups in total. The number of nitrogens with one attached hydrogen (secondary N) is 1. The molecule has 8 atom stereocenters. The Morgan fingerprint density at radius 2 is 1.76 bits per heavy atom. The van der Waals surface area contributed by atoms with Crippen molar-refractivity contribution in [1.29, 1.82) is 0 Å². The van der Waals surface area contributed by atoms with Crippen molar-refractivity contribution < 1.29 is 19.1 Å². The number of benzene rings is 1. The minimum Gasteiger partial charge on any atom is -0.462 e. The third-order valence-corrected chi connectivity index (χ3v) is 15.1. The van der Waals surface area contributed by atoms with E-state index in [1.807, 2.05) is 18.2 Å². The largest absolute Gasteiger partial charge is 0.462 e. The van der Waals surface area contributed by atoms with Crippen LogP contribution < -0.4 is 5.32 Å². The number of Topliss-reactive ketones (excluding diaryl/α,β-unsaturated/α-hetero) is 1. The normalized spacial score (nSPS) is 36.9. The van der Waals surface area contributed by atoms with Crippen molar-refractivity contribution in [2.45, 2.75) is 139 Å². The number of allylic oxidation sites excluding steroid dienone is 2. The molecule has 0 amide bonds. The van der Waals surface area contributed by atoms with E-state index in [-0.39, 0.29) is 46.1 Å². The summed E-state index contributed by atoms with van der Waals surface area (Å²) >= 11 is 6.25. The van der Waals surface area contributed by atoms with Crippen molar-refractivity contribution in [2.24, 2.45) is 56.7 Å². The minimum atomic E-state index is -0.699. The van der Waals surface area contributed by atoms with Gasteiger partial charge >= 0.3 is 5.97 Å². The molecule has 0 bridgehead atoms. The molecule has 0 aromatic heterocycles. The van der Waals surface area contributed by atoms with Crippen LogP contribution in [0.3, 0.4) is 0 Å². The maximum absolute atomic E-state index is 13.9. The van der Waals surface area contributed by atoms with Gasteiger partial charge in [-0.1, -0.05) is 84.7 Å². The highest BCUT2D eigenvalue weighted by Gasteiger charge is 2.66. The Hall–Kier alpha value is -1.98.